The lowest BCUT2D eigenvalue weighted by atomic mass is 9.91. The van der Waals surface area contributed by atoms with Gasteiger partial charge < -0.3 is 10.1 Å². The maximum absolute atomic E-state index is 15.8. The van der Waals surface area contributed by atoms with Crippen molar-refractivity contribution >= 4 is 40.9 Å². The molecule has 222 valence electrons. The van der Waals surface area contributed by atoms with Gasteiger partial charge >= 0.3 is 0 Å². The van der Waals surface area contributed by atoms with Gasteiger partial charge in [0.2, 0.25) is 5.03 Å². The number of nitrogens with one attached hydrogen (secondary N) is 1. The molecule has 41 heavy (non-hydrogen) atoms. The molecule has 2 aromatic heterocycles. The molecule has 2 fully saturated rings. The first-order chi connectivity index (χ1) is 19.5. The van der Waals surface area contributed by atoms with E-state index in [2.05, 4.69) is 64.1 Å². The third kappa shape index (κ3) is 6.99. The number of rotatable bonds is 12. The standard InChI is InChI=1S/C29H40FN5O3S2Si/c1-21-25(33-28-23-10-11-24(28)17-34(16-23)15-22-8-6-5-7-9-22)14-31-29(27(21)30)40(36,37)35(26-18-39-19-32-26)20-38-12-13-41(2,3)4/h5-9,14,18-19,23-24,28,33H,10-13,15-17,20H2,1-4H3/t23-,24+,28+. The number of piperidine rings is 1. The van der Waals surface area contributed by atoms with Crippen LogP contribution in [0.1, 0.15) is 24.0 Å². The number of hydrogen-bond acceptors (Lipinski definition) is 8. The van der Waals surface area contributed by atoms with Gasteiger partial charge in [0.15, 0.2) is 11.6 Å². The maximum atomic E-state index is 15.8. The Morgan fingerprint density at radius 2 is 1.85 bits per heavy atom. The van der Waals surface area contributed by atoms with Crippen LogP contribution in [0.5, 0.6) is 0 Å². The Bertz CT molecular complexity index is 1410. The minimum absolute atomic E-state index is 0.197. The Kier molecular flexibility index (Phi) is 9.15. The largest absolute Gasteiger partial charge is 0.380 e. The van der Waals surface area contributed by atoms with Crippen molar-refractivity contribution in [2.75, 3.05) is 36.0 Å². The van der Waals surface area contributed by atoms with Crippen molar-refractivity contribution in [2.24, 2.45) is 11.8 Å². The van der Waals surface area contributed by atoms with Crippen molar-refractivity contribution in [3.05, 3.63) is 64.4 Å². The van der Waals surface area contributed by atoms with E-state index in [1.807, 2.05) is 6.07 Å². The van der Waals surface area contributed by atoms with Gasteiger partial charge in [-0.25, -0.2) is 18.7 Å². The van der Waals surface area contributed by atoms with Gasteiger partial charge in [-0.2, -0.15) is 8.42 Å². The lowest BCUT2D eigenvalue weighted by Crippen LogP contribution is -2.47. The van der Waals surface area contributed by atoms with Gasteiger partial charge in [-0.1, -0.05) is 50.0 Å². The van der Waals surface area contributed by atoms with E-state index in [1.165, 1.54) is 23.1 Å². The third-order valence-electron chi connectivity index (χ3n) is 8.13. The Balaban J connectivity index is 1.30. The number of likely N-dealkylation sites (tertiary alicyclic amines) is 1. The third-order valence-corrected chi connectivity index (χ3v) is 12.1. The van der Waals surface area contributed by atoms with Crippen LogP contribution in [-0.2, 0) is 21.3 Å². The molecule has 3 atom stereocenters. The number of fused-ring (bicyclic) bond motifs is 2. The van der Waals surface area contributed by atoms with E-state index in [0.717, 1.165) is 42.8 Å². The van der Waals surface area contributed by atoms with Crippen molar-refractivity contribution in [1.29, 1.82) is 0 Å². The summed E-state index contributed by atoms with van der Waals surface area (Å²) in [6.45, 7) is 11.4. The monoisotopic (exact) mass is 617 g/mol. The number of thiazole rings is 1. The van der Waals surface area contributed by atoms with E-state index in [9.17, 15) is 8.42 Å². The summed E-state index contributed by atoms with van der Waals surface area (Å²) in [5.41, 5.74) is 3.65. The average molecular weight is 618 g/mol. The maximum Gasteiger partial charge on any atom is 0.287 e. The molecule has 3 aromatic rings. The fraction of sp³-hybridized carbons (Fsp3) is 0.517. The highest BCUT2D eigenvalue weighted by molar-refractivity contribution is 7.92. The van der Waals surface area contributed by atoms with Crippen LogP contribution in [0.2, 0.25) is 25.7 Å². The number of pyridine rings is 1. The molecule has 0 amide bonds. The zero-order valence-corrected chi connectivity index (χ0v) is 26.8. The molecule has 1 N–H and O–H groups in total. The lowest BCUT2D eigenvalue weighted by Gasteiger charge is -2.39. The van der Waals surface area contributed by atoms with Crippen LogP contribution < -0.4 is 9.62 Å². The Labute approximate surface area is 248 Å². The molecule has 12 heteroatoms. The first-order valence-corrected chi connectivity index (χ1v) is 20.3. The second-order valence-corrected chi connectivity index (χ2v) is 20.5. The van der Waals surface area contributed by atoms with Gasteiger partial charge in [-0.15, -0.1) is 11.3 Å². The molecule has 0 spiro atoms. The van der Waals surface area contributed by atoms with Crippen LogP contribution in [0, 0.1) is 24.6 Å². The van der Waals surface area contributed by atoms with Crippen LogP contribution in [-0.4, -0.2) is 63.8 Å². The first kappa shape index (κ1) is 30.1. The van der Waals surface area contributed by atoms with Gasteiger partial charge in [-0.05, 0) is 43.2 Å². The second-order valence-electron chi connectivity index (χ2n) is 12.4. The van der Waals surface area contributed by atoms with E-state index in [1.54, 1.807) is 17.8 Å². The molecule has 2 aliphatic rings. The molecular weight excluding hydrogens is 578 g/mol. The smallest absolute Gasteiger partial charge is 0.287 e. The van der Waals surface area contributed by atoms with Gasteiger partial charge in [-0.3, -0.25) is 4.90 Å². The van der Waals surface area contributed by atoms with Crippen molar-refractivity contribution < 1.29 is 17.5 Å². The SMILES string of the molecule is Cc1c(N[C@H]2[C@@H]3CC[C@H]2CN(Cc2ccccc2)C3)cnc(S(=O)(=O)N(COCC[Si](C)(C)C)c2cscn2)c1F. The number of aromatic nitrogens is 2. The van der Waals surface area contributed by atoms with Crippen LogP contribution >= 0.6 is 11.3 Å². The lowest BCUT2D eigenvalue weighted by molar-refractivity contribution is 0.148. The summed E-state index contributed by atoms with van der Waals surface area (Å²) >= 11 is 1.27. The average Bonchev–Trinajstić information content (AvgIpc) is 3.52. The number of hydrogen-bond donors (Lipinski definition) is 1. The fourth-order valence-corrected chi connectivity index (χ4v) is 8.50. The quantitative estimate of drug-likeness (QED) is 0.156. The first-order valence-electron chi connectivity index (χ1n) is 14.2. The molecule has 1 aliphatic heterocycles. The van der Waals surface area contributed by atoms with Gasteiger partial charge in [0.05, 0.1) is 17.4 Å². The van der Waals surface area contributed by atoms with Crippen LogP contribution in [0.15, 0.2) is 52.4 Å². The molecule has 1 aromatic carbocycles. The van der Waals surface area contributed by atoms with E-state index in [-0.39, 0.29) is 24.2 Å². The highest BCUT2D eigenvalue weighted by atomic mass is 32.2. The molecule has 2 bridgehead atoms. The Morgan fingerprint density at radius 3 is 2.49 bits per heavy atom. The summed E-state index contributed by atoms with van der Waals surface area (Å²) < 4.78 is 49.9. The summed E-state index contributed by atoms with van der Waals surface area (Å²) in [5.74, 6) is 0.239. The zero-order chi connectivity index (χ0) is 29.2. The number of sulfonamides is 1. The summed E-state index contributed by atoms with van der Waals surface area (Å²) in [4.78, 5) is 10.8. The van der Waals surface area contributed by atoms with Gasteiger partial charge in [0, 0.05) is 51.3 Å². The minimum atomic E-state index is -4.35. The molecule has 5 rings (SSSR count). The highest BCUT2D eigenvalue weighted by Crippen LogP contribution is 2.40. The van der Waals surface area contributed by atoms with E-state index >= 15 is 4.39 Å². The van der Waals surface area contributed by atoms with Crippen molar-refractivity contribution in [3.8, 4) is 0 Å². The Morgan fingerprint density at radius 1 is 1.15 bits per heavy atom. The van der Waals surface area contributed by atoms with E-state index in [0.29, 0.717) is 24.1 Å². The highest BCUT2D eigenvalue weighted by Gasteiger charge is 2.42. The molecular formula is C29H40FN5O3S2Si. The molecule has 0 radical (unpaired) electrons. The van der Waals surface area contributed by atoms with E-state index < -0.39 is 28.9 Å². The van der Waals surface area contributed by atoms with Crippen molar-refractivity contribution in [1.82, 2.24) is 14.9 Å². The zero-order valence-electron chi connectivity index (χ0n) is 24.2. The summed E-state index contributed by atoms with van der Waals surface area (Å²) in [6.07, 6.45) is 3.71. The van der Waals surface area contributed by atoms with Crippen LogP contribution in [0.25, 0.3) is 0 Å². The van der Waals surface area contributed by atoms with Crippen LogP contribution in [0.4, 0.5) is 15.9 Å². The summed E-state index contributed by atoms with van der Waals surface area (Å²) in [6, 6.07) is 11.6. The number of ether oxygens (including phenoxy) is 1. The van der Waals surface area contributed by atoms with Crippen molar-refractivity contribution in [2.45, 2.75) is 63.1 Å². The fourth-order valence-electron chi connectivity index (χ4n) is 5.80. The van der Waals surface area contributed by atoms with Gasteiger partial charge in [0.25, 0.3) is 10.0 Å². The molecule has 3 heterocycles. The van der Waals surface area contributed by atoms with Crippen LogP contribution in [0.3, 0.4) is 0 Å². The second kappa shape index (κ2) is 12.5. The summed E-state index contributed by atoms with van der Waals surface area (Å²) in [5, 5.41) is 4.56. The van der Waals surface area contributed by atoms with Crippen molar-refractivity contribution in [3.63, 3.8) is 0 Å². The number of anilines is 2. The topological polar surface area (TPSA) is 87.7 Å². The molecule has 1 saturated carbocycles. The molecule has 1 saturated heterocycles. The molecule has 8 nitrogen and oxygen atoms in total. The number of halogens is 1. The van der Waals surface area contributed by atoms with Gasteiger partial charge in [0.1, 0.15) is 6.73 Å². The normalized spacial score (nSPS) is 21.2. The van der Waals surface area contributed by atoms with E-state index in [4.69, 9.17) is 4.74 Å². The predicted molar refractivity (Wildman–Crippen MR) is 165 cm³/mol. The molecule has 0 unspecified atom stereocenters. The molecule has 1 aliphatic carbocycles. The number of nitrogens with zero attached hydrogens (tertiary/aromatic N) is 4. The predicted octanol–water partition coefficient (Wildman–Crippen LogP) is 5.82. The number of benzene rings is 1. The minimum Gasteiger partial charge on any atom is -0.380 e. The summed E-state index contributed by atoms with van der Waals surface area (Å²) in [7, 11) is -5.71. The Hall–Kier alpha value is -2.38.